The van der Waals surface area contributed by atoms with Crippen molar-refractivity contribution in [2.24, 2.45) is 0 Å². The van der Waals surface area contributed by atoms with Gasteiger partial charge >= 0.3 is 0 Å². The van der Waals surface area contributed by atoms with Crippen LogP contribution in [0.3, 0.4) is 0 Å². The number of hydrogen-bond acceptors (Lipinski definition) is 3. The highest BCUT2D eigenvalue weighted by molar-refractivity contribution is 6.35. The first-order valence-corrected chi connectivity index (χ1v) is 7.17. The molecule has 0 unspecified atom stereocenters. The van der Waals surface area contributed by atoms with Crippen LogP contribution in [0.1, 0.15) is 23.2 Å². The summed E-state index contributed by atoms with van der Waals surface area (Å²) in [5.41, 5.74) is -0.550. The number of carbonyl (C=O) groups is 1. The third kappa shape index (κ3) is 3.64. The number of benzene rings is 1. The Balaban J connectivity index is 2.10. The number of amides is 1. The van der Waals surface area contributed by atoms with Gasteiger partial charge in [0.1, 0.15) is 0 Å². The van der Waals surface area contributed by atoms with Gasteiger partial charge in [0.15, 0.2) is 0 Å². The van der Waals surface area contributed by atoms with Gasteiger partial charge in [-0.05, 0) is 18.2 Å². The van der Waals surface area contributed by atoms with Crippen molar-refractivity contribution in [3.8, 4) is 0 Å². The molecule has 20 heavy (non-hydrogen) atoms. The zero-order chi connectivity index (χ0) is 14.8. The van der Waals surface area contributed by atoms with Gasteiger partial charge in [-0.2, -0.15) is 0 Å². The van der Waals surface area contributed by atoms with Crippen LogP contribution in [-0.4, -0.2) is 48.3 Å². The summed E-state index contributed by atoms with van der Waals surface area (Å²) in [4.78, 5) is 13.8. The molecule has 2 rings (SSSR count). The molecule has 0 spiro atoms. The molecular weight excluding hydrogens is 301 g/mol. The predicted octanol–water partition coefficient (Wildman–Crippen LogP) is 2.61. The molecule has 1 heterocycles. The lowest BCUT2D eigenvalue weighted by atomic mass is 9.93. The van der Waals surface area contributed by atoms with Crippen molar-refractivity contribution in [2.75, 3.05) is 26.8 Å². The topological polar surface area (TPSA) is 49.8 Å². The zero-order valence-corrected chi connectivity index (χ0v) is 12.7. The van der Waals surface area contributed by atoms with Crippen LogP contribution in [0, 0.1) is 0 Å². The highest BCUT2D eigenvalue weighted by atomic mass is 35.5. The Morgan fingerprint density at radius 3 is 2.70 bits per heavy atom. The number of likely N-dealkylation sites (N-methyl/N-ethyl adjacent to an activating group) is 1. The van der Waals surface area contributed by atoms with E-state index in [0.717, 1.165) is 0 Å². The van der Waals surface area contributed by atoms with Crippen molar-refractivity contribution in [1.29, 1.82) is 0 Å². The molecule has 0 atom stereocenters. The van der Waals surface area contributed by atoms with Crippen molar-refractivity contribution in [2.45, 2.75) is 18.4 Å². The van der Waals surface area contributed by atoms with Crippen LogP contribution in [0.2, 0.25) is 10.0 Å². The molecule has 4 nitrogen and oxygen atoms in total. The first-order valence-electron chi connectivity index (χ1n) is 6.42. The summed E-state index contributed by atoms with van der Waals surface area (Å²) in [7, 11) is 1.65. The molecule has 1 amide bonds. The number of halogens is 2. The molecule has 0 aromatic heterocycles. The second-order valence-corrected chi connectivity index (χ2v) is 5.97. The summed E-state index contributed by atoms with van der Waals surface area (Å²) < 4.78 is 5.22. The van der Waals surface area contributed by atoms with Gasteiger partial charge in [-0.3, -0.25) is 4.79 Å². The molecule has 6 heteroatoms. The van der Waals surface area contributed by atoms with Gasteiger partial charge in [-0.1, -0.05) is 23.2 Å². The van der Waals surface area contributed by atoms with Gasteiger partial charge in [-0.15, -0.1) is 0 Å². The van der Waals surface area contributed by atoms with Gasteiger partial charge < -0.3 is 14.7 Å². The number of carbonyl (C=O) groups excluding carboxylic acids is 1. The molecule has 1 aliphatic rings. The van der Waals surface area contributed by atoms with E-state index >= 15 is 0 Å². The molecule has 110 valence electrons. The lowest BCUT2D eigenvalue weighted by Crippen LogP contribution is -2.47. The van der Waals surface area contributed by atoms with E-state index in [9.17, 15) is 9.90 Å². The zero-order valence-electron chi connectivity index (χ0n) is 11.2. The van der Waals surface area contributed by atoms with Crippen molar-refractivity contribution >= 4 is 29.1 Å². The van der Waals surface area contributed by atoms with Crippen LogP contribution in [0.15, 0.2) is 18.2 Å². The second-order valence-electron chi connectivity index (χ2n) is 5.12. The molecule has 1 fully saturated rings. The molecule has 0 radical (unpaired) electrons. The summed E-state index contributed by atoms with van der Waals surface area (Å²) in [6.45, 7) is 1.27. The average Bonchev–Trinajstić information content (AvgIpc) is 2.41. The standard InChI is InChI=1S/C14H17Cl2NO3/c1-17(9-14(19)4-6-20-7-5-14)13(18)11-8-10(15)2-3-12(11)16/h2-3,8,19H,4-7,9H2,1H3. The SMILES string of the molecule is CN(CC1(O)CCOCC1)C(=O)c1cc(Cl)ccc1Cl. The van der Waals surface area contributed by atoms with E-state index in [2.05, 4.69) is 0 Å². The van der Waals surface area contributed by atoms with Crippen LogP contribution < -0.4 is 0 Å². The fraction of sp³-hybridized carbons (Fsp3) is 0.500. The van der Waals surface area contributed by atoms with Crippen molar-refractivity contribution < 1.29 is 14.6 Å². The average molecular weight is 318 g/mol. The Bertz CT molecular complexity index is 501. The molecule has 1 aromatic carbocycles. The van der Waals surface area contributed by atoms with E-state index in [4.69, 9.17) is 27.9 Å². The molecular formula is C14H17Cl2NO3. The number of aliphatic hydroxyl groups is 1. The number of nitrogens with zero attached hydrogens (tertiary/aromatic N) is 1. The monoisotopic (exact) mass is 317 g/mol. The minimum atomic E-state index is -0.895. The highest BCUT2D eigenvalue weighted by Crippen LogP contribution is 2.25. The van der Waals surface area contributed by atoms with E-state index < -0.39 is 5.60 Å². The highest BCUT2D eigenvalue weighted by Gasteiger charge is 2.32. The smallest absolute Gasteiger partial charge is 0.255 e. The minimum Gasteiger partial charge on any atom is -0.388 e. The van der Waals surface area contributed by atoms with Gasteiger partial charge in [0.2, 0.25) is 0 Å². The van der Waals surface area contributed by atoms with Crippen LogP contribution in [-0.2, 0) is 4.74 Å². The maximum atomic E-state index is 12.4. The molecule has 1 saturated heterocycles. The Labute approximate surface area is 128 Å². The molecule has 0 bridgehead atoms. The van der Waals surface area contributed by atoms with E-state index in [0.29, 0.717) is 41.7 Å². The normalized spacial score (nSPS) is 17.8. The third-order valence-electron chi connectivity index (χ3n) is 3.46. The summed E-state index contributed by atoms with van der Waals surface area (Å²) >= 11 is 11.9. The first kappa shape index (κ1) is 15.6. The summed E-state index contributed by atoms with van der Waals surface area (Å²) in [6, 6.07) is 4.76. The molecule has 1 aromatic rings. The van der Waals surface area contributed by atoms with E-state index in [1.807, 2.05) is 0 Å². The van der Waals surface area contributed by atoms with Crippen LogP contribution in [0.5, 0.6) is 0 Å². The Morgan fingerprint density at radius 1 is 1.40 bits per heavy atom. The van der Waals surface area contributed by atoms with Crippen molar-refractivity contribution in [3.63, 3.8) is 0 Å². The fourth-order valence-corrected chi connectivity index (χ4v) is 2.66. The van der Waals surface area contributed by atoms with E-state index in [1.54, 1.807) is 19.2 Å². The molecule has 0 aliphatic carbocycles. The van der Waals surface area contributed by atoms with Crippen LogP contribution in [0.4, 0.5) is 0 Å². The lowest BCUT2D eigenvalue weighted by molar-refractivity contribution is -0.0734. The molecule has 1 aliphatic heterocycles. The summed E-state index contributed by atoms with van der Waals surface area (Å²) in [5, 5.41) is 11.2. The van der Waals surface area contributed by atoms with Gasteiger partial charge in [0, 0.05) is 44.7 Å². The maximum Gasteiger partial charge on any atom is 0.255 e. The third-order valence-corrected chi connectivity index (χ3v) is 4.03. The van der Waals surface area contributed by atoms with E-state index in [1.165, 1.54) is 11.0 Å². The second kappa shape index (κ2) is 6.31. The number of ether oxygens (including phenoxy) is 1. The molecule has 0 saturated carbocycles. The van der Waals surface area contributed by atoms with Crippen LogP contribution >= 0.6 is 23.2 Å². The maximum absolute atomic E-state index is 12.4. The Morgan fingerprint density at radius 2 is 2.05 bits per heavy atom. The summed E-state index contributed by atoms with van der Waals surface area (Å²) in [5.74, 6) is -0.252. The minimum absolute atomic E-state index is 0.248. The predicted molar refractivity (Wildman–Crippen MR) is 78.4 cm³/mol. The first-order chi connectivity index (χ1) is 9.41. The van der Waals surface area contributed by atoms with Gasteiger partial charge in [0.25, 0.3) is 5.91 Å². The van der Waals surface area contributed by atoms with Crippen LogP contribution in [0.25, 0.3) is 0 Å². The quantitative estimate of drug-likeness (QED) is 0.932. The Kier molecular flexibility index (Phi) is 4.91. The van der Waals surface area contributed by atoms with Crippen molar-refractivity contribution in [3.05, 3.63) is 33.8 Å². The number of hydrogen-bond donors (Lipinski definition) is 1. The lowest BCUT2D eigenvalue weighted by Gasteiger charge is -2.35. The molecule has 1 N–H and O–H groups in total. The summed E-state index contributed by atoms with van der Waals surface area (Å²) in [6.07, 6.45) is 1.04. The van der Waals surface area contributed by atoms with Crippen molar-refractivity contribution in [1.82, 2.24) is 4.90 Å². The largest absolute Gasteiger partial charge is 0.388 e. The Hall–Kier alpha value is -0.810. The van der Waals surface area contributed by atoms with Gasteiger partial charge in [0.05, 0.1) is 16.2 Å². The van der Waals surface area contributed by atoms with Gasteiger partial charge in [-0.25, -0.2) is 0 Å². The number of rotatable bonds is 3. The van der Waals surface area contributed by atoms with E-state index in [-0.39, 0.29) is 12.5 Å². The fourth-order valence-electron chi connectivity index (χ4n) is 2.29.